The van der Waals surface area contributed by atoms with E-state index < -0.39 is 10.0 Å². The van der Waals surface area contributed by atoms with Gasteiger partial charge in [-0.15, -0.1) is 11.3 Å². The van der Waals surface area contributed by atoms with Crippen LogP contribution in [0.15, 0.2) is 54.7 Å². The van der Waals surface area contributed by atoms with Crippen molar-refractivity contribution in [2.75, 3.05) is 32.7 Å². The number of hydrogen-bond donors (Lipinski definition) is 1. The average Bonchev–Trinajstić information content (AvgIpc) is 3.08. The Bertz CT molecular complexity index is 953. The summed E-state index contributed by atoms with van der Waals surface area (Å²) in [4.78, 5) is 15.2. The highest BCUT2D eigenvalue weighted by Gasteiger charge is 2.28. The molecule has 0 atom stereocenters. The molecule has 0 bridgehead atoms. The lowest BCUT2D eigenvalue weighted by molar-refractivity contribution is -0.122. The van der Waals surface area contributed by atoms with Gasteiger partial charge in [-0.3, -0.25) is 9.69 Å². The van der Waals surface area contributed by atoms with Crippen LogP contribution in [0.3, 0.4) is 0 Å². The van der Waals surface area contributed by atoms with Crippen molar-refractivity contribution in [2.24, 2.45) is 5.10 Å². The van der Waals surface area contributed by atoms with Crippen LogP contribution in [0.5, 0.6) is 0 Å². The Morgan fingerprint density at radius 1 is 1.11 bits per heavy atom. The predicted octanol–water partition coefficient (Wildman–Crippen LogP) is 2.73. The minimum atomic E-state index is -3.51. The number of halogens is 2. The number of sulfonamides is 1. The summed E-state index contributed by atoms with van der Waals surface area (Å²) in [5.74, 6) is -0.226. The predicted molar refractivity (Wildman–Crippen MR) is 117 cm³/mol. The lowest BCUT2D eigenvalue weighted by Crippen LogP contribution is -2.50. The van der Waals surface area contributed by atoms with E-state index in [4.69, 9.17) is 0 Å². The van der Waals surface area contributed by atoms with Crippen molar-refractivity contribution in [3.8, 4) is 0 Å². The summed E-state index contributed by atoms with van der Waals surface area (Å²) >= 11 is 8.19. The van der Waals surface area contributed by atoms with E-state index in [-0.39, 0.29) is 17.3 Å². The fourth-order valence-electron chi connectivity index (χ4n) is 2.69. The van der Waals surface area contributed by atoms with Crippen LogP contribution in [0.4, 0.5) is 0 Å². The lowest BCUT2D eigenvalue weighted by atomic mass is 10.3. The smallest absolute Gasteiger partial charge is 0.254 e. The second kappa shape index (κ2) is 9.59. The third kappa shape index (κ3) is 5.71. The van der Waals surface area contributed by atoms with Crippen molar-refractivity contribution < 1.29 is 13.2 Å². The maximum atomic E-state index is 12.7. The Balaban J connectivity index is 1.47. The summed E-state index contributed by atoms with van der Waals surface area (Å²) in [5.41, 5.74) is 2.50. The molecule has 0 aliphatic carbocycles. The maximum Gasteiger partial charge on any atom is 0.254 e. The minimum Gasteiger partial charge on any atom is -0.292 e. The van der Waals surface area contributed by atoms with Gasteiger partial charge in [-0.1, -0.05) is 15.9 Å². The molecule has 1 amide bonds. The second-order valence-electron chi connectivity index (χ2n) is 6.07. The van der Waals surface area contributed by atoms with Crippen LogP contribution in [0.2, 0.25) is 0 Å². The number of benzene rings is 1. The summed E-state index contributed by atoms with van der Waals surface area (Å²) in [6.45, 7) is 1.85. The number of hydrazone groups is 1. The van der Waals surface area contributed by atoms with Gasteiger partial charge in [-0.25, -0.2) is 13.8 Å². The van der Waals surface area contributed by atoms with Crippen LogP contribution in [-0.4, -0.2) is 62.5 Å². The van der Waals surface area contributed by atoms with Crippen LogP contribution in [0, 0.1) is 0 Å². The van der Waals surface area contributed by atoms with E-state index in [1.165, 1.54) is 15.6 Å². The topological polar surface area (TPSA) is 82.1 Å². The molecule has 1 aromatic heterocycles. The van der Waals surface area contributed by atoms with Gasteiger partial charge >= 0.3 is 0 Å². The minimum absolute atomic E-state index is 0.178. The van der Waals surface area contributed by atoms with Crippen molar-refractivity contribution in [1.82, 2.24) is 14.6 Å². The number of carbonyl (C=O) groups excluding carboxylic acids is 1. The van der Waals surface area contributed by atoms with E-state index in [0.717, 1.165) is 13.1 Å². The fraction of sp³-hybridized carbons (Fsp3) is 0.294. The lowest BCUT2D eigenvalue weighted by Gasteiger charge is -2.33. The van der Waals surface area contributed by atoms with Crippen molar-refractivity contribution in [2.45, 2.75) is 4.90 Å². The number of nitrogens with one attached hydrogen (secondary N) is 1. The Labute approximate surface area is 184 Å². The molecule has 11 heteroatoms. The number of amides is 1. The van der Waals surface area contributed by atoms with Crippen molar-refractivity contribution in [3.63, 3.8) is 0 Å². The Morgan fingerprint density at radius 3 is 2.39 bits per heavy atom. The van der Waals surface area contributed by atoms with Crippen LogP contribution < -0.4 is 5.43 Å². The maximum absolute atomic E-state index is 12.7. The highest BCUT2D eigenvalue weighted by Crippen LogP contribution is 2.21. The van der Waals surface area contributed by atoms with Crippen molar-refractivity contribution >= 4 is 65.3 Å². The van der Waals surface area contributed by atoms with Gasteiger partial charge in [0.15, 0.2) is 0 Å². The summed E-state index contributed by atoms with van der Waals surface area (Å²) in [7, 11) is -3.51. The molecule has 0 spiro atoms. The first-order valence-corrected chi connectivity index (χ1v) is 12.2. The standard InChI is InChI=1S/C17H18Br2N4O3S2/c18-13-1-4-15(5-2-13)28(25,26)23-9-7-22(8-10-23)12-17(24)21-20-11-14-3-6-16(19)27-14/h1-6,11H,7-10,12H2,(H,21,24)/b20-11-. The summed E-state index contributed by atoms with van der Waals surface area (Å²) in [6, 6.07) is 10.4. The Kier molecular flexibility index (Phi) is 7.40. The number of piperazine rings is 1. The fourth-order valence-corrected chi connectivity index (χ4v) is 5.67. The van der Waals surface area contributed by atoms with Gasteiger partial charge in [0.1, 0.15) is 0 Å². The molecule has 1 N–H and O–H groups in total. The zero-order chi connectivity index (χ0) is 20.1. The molecule has 3 rings (SSSR count). The first-order valence-electron chi connectivity index (χ1n) is 8.40. The molecule has 0 radical (unpaired) electrons. The van der Waals surface area contributed by atoms with Gasteiger partial charge in [0.05, 0.1) is 21.4 Å². The first-order chi connectivity index (χ1) is 13.3. The molecule has 1 aliphatic rings. The van der Waals surface area contributed by atoms with E-state index in [0.29, 0.717) is 26.2 Å². The quantitative estimate of drug-likeness (QED) is 0.443. The molecule has 1 saturated heterocycles. The number of thiophene rings is 1. The van der Waals surface area contributed by atoms with Crippen LogP contribution >= 0.6 is 43.2 Å². The second-order valence-corrected chi connectivity index (χ2v) is 11.4. The van der Waals surface area contributed by atoms with Crippen molar-refractivity contribution in [3.05, 3.63) is 49.5 Å². The SMILES string of the molecule is O=C(CN1CCN(S(=O)(=O)c2ccc(Br)cc2)CC1)N/N=C\c1ccc(Br)s1. The zero-order valence-electron chi connectivity index (χ0n) is 14.7. The summed E-state index contributed by atoms with van der Waals surface area (Å²) in [6.07, 6.45) is 1.59. The largest absolute Gasteiger partial charge is 0.292 e. The van der Waals surface area contributed by atoms with Gasteiger partial charge in [-0.2, -0.15) is 9.41 Å². The first kappa shape index (κ1) is 21.6. The molecule has 2 aromatic rings. The van der Waals surface area contributed by atoms with Crippen molar-refractivity contribution in [1.29, 1.82) is 0 Å². The van der Waals surface area contributed by atoms with E-state index in [1.54, 1.807) is 30.5 Å². The van der Waals surface area contributed by atoms with Crippen LogP contribution in [0.25, 0.3) is 0 Å². The van der Waals surface area contributed by atoms with E-state index in [2.05, 4.69) is 42.4 Å². The monoisotopic (exact) mass is 548 g/mol. The highest BCUT2D eigenvalue weighted by molar-refractivity contribution is 9.11. The van der Waals surface area contributed by atoms with E-state index in [9.17, 15) is 13.2 Å². The van der Waals surface area contributed by atoms with E-state index >= 15 is 0 Å². The summed E-state index contributed by atoms with van der Waals surface area (Å²) < 4.78 is 28.7. The normalized spacial score (nSPS) is 16.5. The third-order valence-corrected chi connectivity index (χ3v) is 8.12. The molecule has 0 saturated carbocycles. The molecule has 28 heavy (non-hydrogen) atoms. The van der Waals surface area contributed by atoms with Gasteiger partial charge < -0.3 is 0 Å². The van der Waals surface area contributed by atoms with Gasteiger partial charge in [0.25, 0.3) is 5.91 Å². The van der Waals surface area contributed by atoms with Crippen LogP contribution in [0.1, 0.15) is 4.88 Å². The molecular formula is C17H18Br2N4O3S2. The number of hydrogen-bond acceptors (Lipinski definition) is 6. The van der Waals surface area contributed by atoms with Crippen LogP contribution in [-0.2, 0) is 14.8 Å². The molecule has 2 heterocycles. The zero-order valence-corrected chi connectivity index (χ0v) is 19.5. The summed E-state index contributed by atoms with van der Waals surface area (Å²) in [5, 5.41) is 3.95. The number of nitrogens with zero attached hydrogens (tertiary/aromatic N) is 3. The molecule has 1 aromatic carbocycles. The highest BCUT2D eigenvalue weighted by atomic mass is 79.9. The number of rotatable bonds is 6. The molecule has 0 unspecified atom stereocenters. The molecule has 1 aliphatic heterocycles. The Morgan fingerprint density at radius 2 is 1.79 bits per heavy atom. The molecular weight excluding hydrogens is 532 g/mol. The number of carbonyl (C=O) groups is 1. The van der Waals surface area contributed by atoms with Gasteiger partial charge in [-0.05, 0) is 52.3 Å². The average molecular weight is 550 g/mol. The molecule has 1 fully saturated rings. The molecule has 150 valence electrons. The van der Waals surface area contributed by atoms with E-state index in [1.807, 2.05) is 17.0 Å². The molecule has 7 nitrogen and oxygen atoms in total. The van der Waals surface area contributed by atoms with Gasteiger partial charge in [0, 0.05) is 35.5 Å². The Hall–Kier alpha value is -1.11. The third-order valence-electron chi connectivity index (χ3n) is 4.12. The van der Waals surface area contributed by atoms with Gasteiger partial charge in [0.2, 0.25) is 10.0 Å².